The number of carbonyl (C=O) groups is 2. The third-order valence-electron chi connectivity index (χ3n) is 2.61. The first kappa shape index (κ1) is 15.3. The second kappa shape index (κ2) is 6.15. The molecule has 0 spiro atoms. The number of hydrogen-bond donors (Lipinski definition) is 1. The molecule has 0 radical (unpaired) electrons. The number of carboxylic acid groups (broad SMARTS) is 1. The van der Waals surface area contributed by atoms with E-state index in [0.717, 1.165) is 4.90 Å². The van der Waals surface area contributed by atoms with Crippen LogP contribution in [0.1, 0.15) is 10.5 Å². The summed E-state index contributed by atoms with van der Waals surface area (Å²) in [6.45, 7) is -0.423. The van der Waals surface area contributed by atoms with E-state index in [1.54, 1.807) is 18.2 Å². The normalized spacial score (nSPS) is 10.4. The molecule has 1 amide bonds. The van der Waals surface area contributed by atoms with Crippen molar-refractivity contribution in [1.29, 1.82) is 0 Å². The van der Waals surface area contributed by atoms with Gasteiger partial charge in [-0.15, -0.1) is 0 Å². The SMILES string of the molecule is CN(CC(=O)O)C(=O)c1coc(-c2ccc(Cl)c(Cl)c2)n1. The van der Waals surface area contributed by atoms with Crippen molar-refractivity contribution in [3.05, 3.63) is 40.2 Å². The Bertz CT molecular complexity index is 699. The summed E-state index contributed by atoms with van der Waals surface area (Å²) in [6.07, 6.45) is 1.17. The van der Waals surface area contributed by atoms with E-state index in [1.165, 1.54) is 13.3 Å². The third kappa shape index (κ3) is 3.53. The molecule has 0 fully saturated rings. The van der Waals surface area contributed by atoms with E-state index in [0.29, 0.717) is 15.6 Å². The van der Waals surface area contributed by atoms with Crippen molar-refractivity contribution in [3.63, 3.8) is 0 Å². The van der Waals surface area contributed by atoms with Gasteiger partial charge in [-0.1, -0.05) is 23.2 Å². The molecule has 110 valence electrons. The van der Waals surface area contributed by atoms with Crippen LogP contribution in [-0.2, 0) is 4.79 Å². The first-order valence-corrected chi connectivity index (χ1v) is 6.52. The minimum Gasteiger partial charge on any atom is -0.480 e. The van der Waals surface area contributed by atoms with Crippen LogP contribution in [0.3, 0.4) is 0 Å². The molecule has 0 saturated heterocycles. The highest BCUT2D eigenvalue weighted by molar-refractivity contribution is 6.42. The van der Waals surface area contributed by atoms with Crippen LogP contribution < -0.4 is 0 Å². The fraction of sp³-hybridized carbons (Fsp3) is 0.154. The Morgan fingerprint density at radius 1 is 1.33 bits per heavy atom. The molecule has 0 unspecified atom stereocenters. The Morgan fingerprint density at radius 2 is 2.05 bits per heavy atom. The number of rotatable bonds is 4. The monoisotopic (exact) mass is 328 g/mol. The number of likely N-dealkylation sites (N-methyl/N-ethyl adjacent to an activating group) is 1. The molecule has 8 heteroatoms. The number of nitrogens with zero attached hydrogens (tertiary/aromatic N) is 2. The van der Waals surface area contributed by atoms with Gasteiger partial charge in [0, 0.05) is 12.6 Å². The number of aromatic nitrogens is 1. The zero-order chi connectivity index (χ0) is 15.6. The number of oxazole rings is 1. The van der Waals surface area contributed by atoms with E-state index >= 15 is 0 Å². The first-order chi connectivity index (χ1) is 9.88. The molecule has 0 bridgehead atoms. The predicted octanol–water partition coefficient (Wildman–Crippen LogP) is 2.81. The number of halogens is 2. The quantitative estimate of drug-likeness (QED) is 0.932. The van der Waals surface area contributed by atoms with E-state index < -0.39 is 18.4 Å². The molecule has 21 heavy (non-hydrogen) atoms. The molecule has 2 aromatic rings. The molecule has 0 aliphatic heterocycles. The maximum atomic E-state index is 11.9. The second-order valence-electron chi connectivity index (χ2n) is 4.22. The van der Waals surface area contributed by atoms with Crippen LogP contribution in [0.4, 0.5) is 0 Å². The highest BCUT2D eigenvalue weighted by Gasteiger charge is 2.19. The van der Waals surface area contributed by atoms with E-state index in [4.69, 9.17) is 32.7 Å². The molecule has 2 rings (SSSR count). The molecule has 1 heterocycles. The van der Waals surface area contributed by atoms with Crippen molar-refractivity contribution in [1.82, 2.24) is 9.88 Å². The van der Waals surface area contributed by atoms with Crippen LogP contribution in [0.15, 0.2) is 28.9 Å². The maximum absolute atomic E-state index is 11.9. The lowest BCUT2D eigenvalue weighted by atomic mass is 10.2. The Balaban J connectivity index is 2.23. The summed E-state index contributed by atoms with van der Waals surface area (Å²) >= 11 is 11.7. The average Bonchev–Trinajstić information content (AvgIpc) is 2.89. The van der Waals surface area contributed by atoms with E-state index in [1.807, 2.05) is 0 Å². The van der Waals surface area contributed by atoms with Gasteiger partial charge in [-0.25, -0.2) is 4.98 Å². The number of hydrogen-bond acceptors (Lipinski definition) is 4. The number of carbonyl (C=O) groups excluding carboxylic acids is 1. The van der Waals surface area contributed by atoms with Crippen molar-refractivity contribution in [3.8, 4) is 11.5 Å². The molecule has 1 N–H and O–H groups in total. The zero-order valence-corrected chi connectivity index (χ0v) is 12.4. The maximum Gasteiger partial charge on any atom is 0.323 e. The minimum absolute atomic E-state index is 0.0137. The molecule has 0 aliphatic rings. The lowest BCUT2D eigenvalue weighted by Gasteiger charge is -2.11. The van der Waals surface area contributed by atoms with Gasteiger partial charge in [0.15, 0.2) is 5.69 Å². The number of aliphatic carboxylic acids is 1. The number of carboxylic acids is 1. The molecule has 0 aliphatic carbocycles. The van der Waals surface area contributed by atoms with Gasteiger partial charge < -0.3 is 14.4 Å². The summed E-state index contributed by atoms with van der Waals surface area (Å²) < 4.78 is 5.21. The van der Waals surface area contributed by atoms with Crippen LogP contribution in [0.2, 0.25) is 10.0 Å². The van der Waals surface area contributed by atoms with Crippen molar-refractivity contribution < 1.29 is 19.1 Å². The van der Waals surface area contributed by atoms with E-state index in [-0.39, 0.29) is 11.6 Å². The summed E-state index contributed by atoms with van der Waals surface area (Å²) in [4.78, 5) is 27.6. The van der Waals surface area contributed by atoms with Gasteiger partial charge in [-0.3, -0.25) is 9.59 Å². The fourth-order valence-corrected chi connectivity index (χ4v) is 1.90. The third-order valence-corrected chi connectivity index (χ3v) is 3.35. The van der Waals surface area contributed by atoms with Gasteiger partial charge in [0.05, 0.1) is 10.0 Å². The molecule has 0 saturated carbocycles. The Morgan fingerprint density at radius 3 is 2.67 bits per heavy atom. The summed E-state index contributed by atoms with van der Waals surface area (Å²) in [5, 5.41) is 9.38. The van der Waals surface area contributed by atoms with Crippen LogP contribution in [0.25, 0.3) is 11.5 Å². The lowest BCUT2D eigenvalue weighted by molar-refractivity contribution is -0.137. The summed E-state index contributed by atoms with van der Waals surface area (Å²) in [5.74, 6) is -1.47. The Hall–Kier alpha value is -2.05. The Kier molecular flexibility index (Phi) is 4.50. The number of benzene rings is 1. The van der Waals surface area contributed by atoms with Crippen LogP contribution >= 0.6 is 23.2 Å². The van der Waals surface area contributed by atoms with Gasteiger partial charge in [0.1, 0.15) is 12.8 Å². The van der Waals surface area contributed by atoms with Crippen LogP contribution in [0.5, 0.6) is 0 Å². The lowest BCUT2D eigenvalue weighted by Crippen LogP contribution is -2.32. The van der Waals surface area contributed by atoms with Gasteiger partial charge in [0.25, 0.3) is 5.91 Å². The zero-order valence-electron chi connectivity index (χ0n) is 10.8. The van der Waals surface area contributed by atoms with Gasteiger partial charge in [0.2, 0.25) is 5.89 Å². The van der Waals surface area contributed by atoms with E-state index in [9.17, 15) is 9.59 Å². The Labute approximate surface area is 129 Å². The second-order valence-corrected chi connectivity index (χ2v) is 5.04. The fourth-order valence-electron chi connectivity index (χ4n) is 1.60. The summed E-state index contributed by atoms with van der Waals surface area (Å²) in [7, 11) is 1.37. The van der Waals surface area contributed by atoms with Gasteiger partial charge >= 0.3 is 5.97 Å². The molecule has 1 aromatic carbocycles. The van der Waals surface area contributed by atoms with E-state index in [2.05, 4.69) is 4.98 Å². The molecular weight excluding hydrogens is 319 g/mol. The highest BCUT2D eigenvalue weighted by atomic mass is 35.5. The smallest absolute Gasteiger partial charge is 0.323 e. The molecule has 0 atom stereocenters. The van der Waals surface area contributed by atoms with Crippen molar-refractivity contribution >= 4 is 35.1 Å². The number of amides is 1. The van der Waals surface area contributed by atoms with Crippen molar-refractivity contribution in [2.75, 3.05) is 13.6 Å². The molecule has 1 aromatic heterocycles. The van der Waals surface area contributed by atoms with Crippen molar-refractivity contribution in [2.45, 2.75) is 0 Å². The van der Waals surface area contributed by atoms with Crippen LogP contribution in [-0.4, -0.2) is 40.5 Å². The standard InChI is InChI=1S/C13H10Cl2N2O4/c1-17(5-11(18)19)13(20)10-6-21-12(16-10)7-2-3-8(14)9(15)4-7/h2-4,6H,5H2,1H3,(H,18,19). The van der Waals surface area contributed by atoms with Gasteiger partial charge in [-0.2, -0.15) is 0 Å². The van der Waals surface area contributed by atoms with Crippen LogP contribution in [0, 0.1) is 0 Å². The molecular formula is C13H10Cl2N2O4. The first-order valence-electron chi connectivity index (χ1n) is 5.76. The average molecular weight is 329 g/mol. The predicted molar refractivity (Wildman–Crippen MR) is 76.6 cm³/mol. The summed E-state index contributed by atoms with van der Waals surface area (Å²) in [6, 6.07) is 4.79. The van der Waals surface area contributed by atoms with Crippen molar-refractivity contribution in [2.24, 2.45) is 0 Å². The largest absolute Gasteiger partial charge is 0.480 e. The minimum atomic E-state index is -1.11. The summed E-state index contributed by atoms with van der Waals surface area (Å²) in [5.41, 5.74) is 0.573. The molecule has 6 nitrogen and oxygen atoms in total. The topological polar surface area (TPSA) is 83.6 Å². The highest BCUT2D eigenvalue weighted by Crippen LogP contribution is 2.28. The van der Waals surface area contributed by atoms with Gasteiger partial charge in [-0.05, 0) is 18.2 Å².